The minimum atomic E-state index is -2.86. The molecule has 4 rings (SSSR count). The van der Waals surface area contributed by atoms with E-state index in [1.165, 1.54) is 0 Å². The van der Waals surface area contributed by atoms with E-state index in [-0.39, 0.29) is 17.7 Å². The second kappa shape index (κ2) is 6.98. The van der Waals surface area contributed by atoms with E-state index in [1.807, 2.05) is 39.9 Å². The monoisotopic (exact) mass is 439 g/mol. The highest BCUT2D eigenvalue weighted by molar-refractivity contribution is 9.10. The molecule has 1 aromatic heterocycles. The minimum Gasteiger partial charge on any atom is -0.339 e. The number of piperazine rings is 1. The lowest BCUT2D eigenvalue weighted by Gasteiger charge is -2.37. The number of sulfone groups is 1. The van der Waals surface area contributed by atoms with Crippen molar-refractivity contribution in [1.82, 2.24) is 14.4 Å². The number of carbonyl (C=O) groups excluding carboxylic acids is 1. The molecule has 1 aromatic carbocycles. The summed E-state index contributed by atoms with van der Waals surface area (Å²) in [7, 11) is -2.86. The molecule has 0 aliphatic carbocycles. The van der Waals surface area contributed by atoms with E-state index in [0.29, 0.717) is 25.4 Å². The first-order valence-corrected chi connectivity index (χ1v) is 11.5. The first-order chi connectivity index (χ1) is 12.4. The predicted molar refractivity (Wildman–Crippen MR) is 105 cm³/mol. The summed E-state index contributed by atoms with van der Waals surface area (Å²) in [5.74, 6) is 0.680. The highest BCUT2D eigenvalue weighted by Crippen LogP contribution is 2.22. The third-order valence-corrected chi connectivity index (χ3v) is 7.68. The van der Waals surface area contributed by atoms with Gasteiger partial charge in [-0.3, -0.25) is 9.69 Å². The number of aromatic nitrogens is 1. The van der Waals surface area contributed by atoms with Gasteiger partial charge in [-0.2, -0.15) is 0 Å². The third kappa shape index (κ3) is 3.68. The molecule has 2 aliphatic heterocycles. The van der Waals surface area contributed by atoms with Crippen LogP contribution in [-0.2, 0) is 21.2 Å². The summed E-state index contributed by atoms with van der Waals surface area (Å²) in [4.78, 5) is 16.8. The van der Waals surface area contributed by atoms with Gasteiger partial charge in [0, 0.05) is 48.4 Å². The smallest absolute Gasteiger partial charge is 0.242 e. The van der Waals surface area contributed by atoms with Crippen LogP contribution in [0.4, 0.5) is 0 Å². The van der Waals surface area contributed by atoms with Crippen LogP contribution in [0.5, 0.6) is 0 Å². The molecule has 0 radical (unpaired) electrons. The number of nitrogens with zero attached hydrogens (tertiary/aromatic N) is 3. The maximum atomic E-state index is 12.7. The lowest BCUT2D eigenvalue weighted by molar-refractivity contribution is -0.133. The van der Waals surface area contributed by atoms with Gasteiger partial charge >= 0.3 is 0 Å². The van der Waals surface area contributed by atoms with E-state index in [1.54, 1.807) is 0 Å². The number of hydrogen-bond donors (Lipinski definition) is 0. The minimum absolute atomic E-state index is 0.112. The van der Waals surface area contributed by atoms with Gasteiger partial charge in [-0.15, -0.1) is 0 Å². The van der Waals surface area contributed by atoms with Gasteiger partial charge in [0.25, 0.3) is 0 Å². The lowest BCUT2D eigenvalue weighted by Crippen LogP contribution is -2.52. The Balaban J connectivity index is 1.37. The van der Waals surface area contributed by atoms with Crippen molar-refractivity contribution in [3.05, 3.63) is 34.9 Å². The molecule has 8 heteroatoms. The Kier molecular flexibility index (Phi) is 4.83. The van der Waals surface area contributed by atoms with Gasteiger partial charge in [-0.25, -0.2) is 8.42 Å². The number of halogens is 1. The molecule has 1 atom stereocenters. The van der Waals surface area contributed by atoms with Gasteiger partial charge in [0.05, 0.1) is 11.5 Å². The molecule has 0 bridgehead atoms. The zero-order valence-electron chi connectivity index (χ0n) is 14.5. The molecule has 3 heterocycles. The highest BCUT2D eigenvalue weighted by Gasteiger charge is 2.34. The van der Waals surface area contributed by atoms with Gasteiger partial charge in [0.1, 0.15) is 6.54 Å². The van der Waals surface area contributed by atoms with Crippen LogP contribution in [0, 0.1) is 0 Å². The maximum absolute atomic E-state index is 12.7. The van der Waals surface area contributed by atoms with E-state index in [4.69, 9.17) is 0 Å². The lowest BCUT2D eigenvalue weighted by atomic mass is 10.2. The van der Waals surface area contributed by atoms with Crippen LogP contribution >= 0.6 is 15.9 Å². The van der Waals surface area contributed by atoms with Crippen LogP contribution in [0.3, 0.4) is 0 Å². The molecule has 140 valence electrons. The molecule has 0 spiro atoms. The Bertz CT molecular complexity index is 932. The Morgan fingerprint density at radius 3 is 2.62 bits per heavy atom. The Labute approximate surface area is 161 Å². The summed E-state index contributed by atoms with van der Waals surface area (Å²) >= 11 is 3.48. The first kappa shape index (κ1) is 18.0. The van der Waals surface area contributed by atoms with Gasteiger partial charge in [-0.05, 0) is 30.0 Å². The molecular formula is C18H22BrN3O3S. The summed E-state index contributed by atoms with van der Waals surface area (Å²) in [6.45, 7) is 3.17. The maximum Gasteiger partial charge on any atom is 0.242 e. The summed E-state index contributed by atoms with van der Waals surface area (Å²) in [5.41, 5.74) is 1.04. The van der Waals surface area contributed by atoms with Crippen molar-refractivity contribution in [3.63, 3.8) is 0 Å². The Hall–Kier alpha value is -1.38. The van der Waals surface area contributed by atoms with Crippen LogP contribution in [-0.4, -0.2) is 72.4 Å². The summed E-state index contributed by atoms with van der Waals surface area (Å²) in [5, 5.41) is 1.12. The number of carbonyl (C=O) groups is 1. The molecule has 0 N–H and O–H groups in total. The predicted octanol–water partition coefficient (Wildman–Crippen LogP) is 1.74. The molecule has 2 fully saturated rings. The molecule has 0 unspecified atom stereocenters. The average molecular weight is 440 g/mol. The number of rotatable bonds is 3. The molecule has 0 saturated carbocycles. The van der Waals surface area contributed by atoms with E-state index in [0.717, 1.165) is 34.9 Å². The molecule has 1 amide bonds. The fourth-order valence-electron chi connectivity index (χ4n) is 3.94. The van der Waals surface area contributed by atoms with E-state index in [9.17, 15) is 13.2 Å². The van der Waals surface area contributed by atoms with Crippen molar-refractivity contribution in [2.24, 2.45) is 0 Å². The van der Waals surface area contributed by atoms with Crippen molar-refractivity contribution in [1.29, 1.82) is 0 Å². The van der Waals surface area contributed by atoms with Crippen LogP contribution in [0.15, 0.2) is 34.9 Å². The number of amides is 1. The Morgan fingerprint density at radius 2 is 1.92 bits per heavy atom. The van der Waals surface area contributed by atoms with E-state index < -0.39 is 9.84 Å². The topological polar surface area (TPSA) is 62.6 Å². The molecule has 26 heavy (non-hydrogen) atoms. The zero-order chi connectivity index (χ0) is 18.3. The normalized spacial score (nSPS) is 23.6. The van der Waals surface area contributed by atoms with Crippen molar-refractivity contribution >= 4 is 42.6 Å². The molecule has 2 saturated heterocycles. The largest absolute Gasteiger partial charge is 0.339 e. The van der Waals surface area contributed by atoms with Crippen molar-refractivity contribution in [2.75, 3.05) is 37.7 Å². The van der Waals surface area contributed by atoms with E-state index >= 15 is 0 Å². The van der Waals surface area contributed by atoms with Gasteiger partial charge in [-0.1, -0.05) is 22.0 Å². The standard InChI is InChI=1S/C18H22BrN3O3S/c19-15-2-1-14-3-5-22(17(14)11-15)12-18(23)21-8-6-20(7-9-21)16-4-10-26(24,25)13-16/h1-3,5,11,16H,4,6-10,12-13H2/t16-/m0/s1. The molecule has 2 aromatic rings. The molecule has 6 nitrogen and oxygen atoms in total. The number of hydrogen-bond acceptors (Lipinski definition) is 4. The average Bonchev–Trinajstić information content (AvgIpc) is 3.18. The quantitative estimate of drug-likeness (QED) is 0.730. The fraction of sp³-hybridized carbons (Fsp3) is 0.500. The van der Waals surface area contributed by atoms with Gasteiger partial charge < -0.3 is 9.47 Å². The fourth-order valence-corrected chi connectivity index (χ4v) is 6.05. The second-order valence-electron chi connectivity index (χ2n) is 7.12. The first-order valence-electron chi connectivity index (χ1n) is 8.88. The van der Waals surface area contributed by atoms with Crippen LogP contribution < -0.4 is 0 Å². The van der Waals surface area contributed by atoms with Crippen molar-refractivity contribution < 1.29 is 13.2 Å². The van der Waals surface area contributed by atoms with Crippen LogP contribution in [0.25, 0.3) is 10.9 Å². The summed E-state index contributed by atoms with van der Waals surface area (Å²) < 4.78 is 26.3. The SMILES string of the molecule is O=C(Cn1ccc2ccc(Br)cc21)N1CCN([C@H]2CCS(=O)(=O)C2)CC1. The summed E-state index contributed by atoms with van der Waals surface area (Å²) in [6, 6.07) is 8.21. The van der Waals surface area contributed by atoms with Crippen molar-refractivity contribution in [2.45, 2.75) is 19.0 Å². The third-order valence-electron chi connectivity index (χ3n) is 5.43. The van der Waals surface area contributed by atoms with Gasteiger partial charge in [0.2, 0.25) is 5.91 Å². The van der Waals surface area contributed by atoms with Crippen LogP contribution in [0.1, 0.15) is 6.42 Å². The molecule has 2 aliphatic rings. The van der Waals surface area contributed by atoms with Crippen LogP contribution in [0.2, 0.25) is 0 Å². The number of benzene rings is 1. The zero-order valence-corrected chi connectivity index (χ0v) is 16.9. The van der Waals surface area contributed by atoms with E-state index in [2.05, 4.69) is 20.8 Å². The number of fused-ring (bicyclic) bond motifs is 1. The van der Waals surface area contributed by atoms with Crippen molar-refractivity contribution in [3.8, 4) is 0 Å². The second-order valence-corrected chi connectivity index (χ2v) is 10.3. The molecular weight excluding hydrogens is 418 g/mol. The summed E-state index contributed by atoms with van der Waals surface area (Å²) in [6.07, 6.45) is 2.68. The highest BCUT2D eigenvalue weighted by atomic mass is 79.9. The Morgan fingerprint density at radius 1 is 1.15 bits per heavy atom. The van der Waals surface area contributed by atoms with Gasteiger partial charge in [0.15, 0.2) is 9.84 Å².